The van der Waals surface area contributed by atoms with E-state index in [4.69, 9.17) is 17.3 Å². The minimum Gasteiger partial charge on any atom is -0.394 e. The van der Waals surface area contributed by atoms with Crippen molar-refractivity contribution in [1.82, 2.24) is 9.97 Å². The minimum absolute atomic E-state index is 0.212. The van der Waals surface area contributed by atoms with Crippen molar-refractivity contribution >= 4 is 28.8 Å². The molecule has 1 aromatic heterocycles. The Morgan fingerprint density at radius 2 is 2.00 bits per heavy atom. The van der Waals surface area contributed by atoms with Gasteiger partial charge in [-0.05, 0) is 61.4 Å². The Balaban J connectivity index is 2.00. The molecule has 0 aliphatic heterocycles. The number of hydrogen-bond acceptors (Lipinski definition) is 4. The molecule has 2 aromatic rings. The summed E-state index contributed by atoms with van der Waals surface area (Å²) >= 11 is 5.91. The van der Waals surface area contributed by atoms with Gasteiger partial charge in [0, 0.05) is 5.69 Å². The highest BCUT2D eigenvalue weighted by molar-refractivity contribution is 6.28. The third-order valence-corrected chi connectivity index (χ3v) is 3.93. The zero-order chi connectivity index (χ0) is 14.1. The first kappa shape index (κ1) is 13.2. The Kier molecular flexibility index (Phi) is 3.49. The quantitative estimate of drug-likeness (QED) is 0.828. The molecule has 3 rings (SSSR count). The number of hydrogen-bond donors (Lipinski definition) is 2. The molecule has 0 amide bonds. The predicted octanol–water partition coefficient (Wildman–Crippen LogP) is 3.64. The molecule has 5 heteroatoms. The highest BCUT2D eigenvalue weighted by Crippen LogP contribution is 2.31. The average Bonchev–Trinajstić information content (AvgIpc) is 2.44. The summed E-state index contributed by atoms with van der Waals surface area (Å²) in [6.45, 7) is 1.83. The lowest BCUT2D eigenvalue weighted by atomic mass is 9.90. The van der Waals surface area contributed by atoms with Crippen LogP contribution in [0.1, 0.15) is 29.7 Å². The molecule has 3 N–H and O–H groups in total. The maximum atomic E-state index is 6.03. The summed E-state index contributed by atoms with van der Waals surface area (Å²) in [5.41, 5.74) is 11.1. The molecule has 0 spiro atoms. The maximum Gasteiger partial charge on any atom is 0.224 e. The Morgan fingerprint density at radius 3 is 2.85 bits per heavy atom. The first-order chi connectivity index (χ1) is 9.65. The molecule has 0 radical (unpaired) electrons. The van der Waals surface area contributed by atoms with Gasteiger partial charge < -0.3 is 11.1 Å². The van der Waals surface area contributed by atoms with Crippen LogP contribution in [0.2, 0.25) is 5.28 Å². The number of benzene rings is 1. The number of fused-ring (bicyclic) bond motifs is 1. The second-order valence-corrected chi connectivity index (χ2v) is 5.45. The van der Waals surface area contributed by atoms with E-state index < -0.39 is 0 Å². The van der Waals surface area contributed by atoms with Crippen LogP contribution in [0.25, 0.3) is 0 Å². The fourth-order valence-electron chi connectivity index (χ4n) is 2.67. The molecule has 0 saturated carbocycles. The number of nitrogens with zero attached hydrogens (tertiary/aromatic N) is 2. The highest BCUT2D eigenvalue weighted by Gasteiger charge is 2.15. The van der Waals surface area contributed by atoms with Crippen molar-refractivity contribution in [1.29, 1.82) is 0 Å². The van der Waals surface area contributed by atoms with Crippen LogP contribution in [-0.2, 0) is 12.8 Å². The van der Waals surface area contributed by atoms with E-state index in [1.54, 1.807) is 0 Å². The van der Waals surface area contributed by atoms with Crippen molar-refractivity contribution in [3.05, 3.63) is 40.3 Å². The van der Waals surface area contributed by atoms with Crippen LogP contribution in [0.15, 0.2) is 18.2 Å². The molecule has 104 valence electrons. The summed E-state index contributed by atoms with van der Waals surface area (Å²) in [4.78, 5) is 8.25. The van der Waals surface area contributed by atoms with Crippen molar-refractivity contribution in [2.75, 3.05) is 11.1 Å². The molecule has 0 saturated heterocycles. The fraction of sp³-hybridized carbons (Fsp3) is 0.333. The van der Waals surface area contributed by atoms with Crippen molar-refractivity contribution in [3.8, 4) is 0 Å². The first-order valence-electron chi connectivity index (χ1n) is 6.82. The molecule has 1 heterocycles. The maximum absolute atomic E-state index is 6.03. The van der Waals surface area contributed by atoms with E-state index in [0.717, 1.165) is 18.5 Å². The van der Waals surface area contributed by atoms with Gasteiger partial charge in [0.2, 0.25) is 5.28 Å². The number of anilines is 3. The van der Waals surface area contributed by atoms with Gasteiger partial charge in [0.05, 0.1) is 11.4 Å². The molecule has 1 aromatic carbocycles. The Morgan fingerprint density at radius 1 is 1.20 bits per heavy atom. The van der Waals surface area contributed by atoms with Crippen molar-refractivity contribution in [2.45, 2.75) is 32.6 Å². The zero-order valence-electron chi connectivity index (χ0n) is 11.4. The van der Waals surface area contributed by atoms with Crippen molar-refractivity contribution in [3.63, 3.8) is 0 Å². The zero-order valence-corrected chi connectivity index (χ0v) is 12.2. The highest BCUT2D eigenvalue weighted by atomic mass is 35.5. The summed E-state index contributed by atoms with van der Waals surface area (Å²) in [5, 5.41) is 3.53. The van der Waals surface area contributed by atoms with Gasteiger partial charge in [-0.2, -0.15) is 4.98 Å². The first-order valence-corrected chi connectivity index (χ1v) is 7.20. The van der Waals surface area contributed by atoms with Gasteiger partial charge in [0.1, 0.15) is 0 Å². The molecule has 1 aliphatic carbocycles. The molecule has 20 heavy (non-hydrogen) atoms. The smallest absolute Gasteiger partial charge is 0.224 e. The Labute approximate surface area is 123 Å². The normalized spacial score (nSPS) is 13.9. The number of halogens is 1. The molecule has 0 fully saturated rings. The van der Waals surface area contributed by atoms with Gasteiger partial charge in [-0.1, -0.05) is 12.1 Å². The van der Waals surface area contributed by atoms with Gasteiger partial charge in [0.15, 0.2) is 5.82 Å². The van der Waals surface area contributed by atoms with E-state index in [1.807, 2.05) is 6.92 Å². The van der Waals surface area contributed by atoms with Crippen LogP contribution in [0.5, 0.6) is 0 Å². The predicted molar refractivity (Wildman–Crippen MR) is 82.6 cm³/mol. The molecular weight excluding hydrogens is 272 g/mol. The lowest BCUT2D eigenvalue weighted by Gasteiger charge is -2.20. The third-order valence-electron chi connectivity index (χ3n) is 3.76. The number of aryl methyl sites for hydroxylation is 2. The van der Waals surface area contributed by atoms with Crippen molar-refractivity contribution < 1.29 is 0 Å². The van der Waals surface area contributed by atoms with Crippen LogP contribution >= 0.6 is 11.6 Å². The lowest BCUT2D eigenvalue weighted by Crippen LogP contribution is -2.09. The van der Waals surface area contributed by atoms with E-state index in [2.05, 4.69) is 33.5 Å². The van der Waals surface area contributed by atoms with Gasteiger partial charge >= 0.3 is 0 Å². The van der Waals surface area contributed by atoms with E-state index in [-0.39, 0.29) is 5.28 Å². The standard InChI is InChI=1S/C15H17ClN4/c1-9-13(17)14(20-15(16)18-9)19-12-8-4-6-10-5-2-3-7-11(10)12/h4,6,8H,2-3,5,7,17H2,1H3,(H,18,19,20). The van der Waals surface area contributed by atoms with Gasteiger partial charge in [-0.25, -0.2) is 4.98 Å². The molecular formula is C15H17ClN4. The number of nitrogens with two attached hydrogens (primary N) is 1. The van der Waals surface area contributed by atoms with Crippen LogP contribution < -0.4 is 11.1 Å². The number of aromatic nitrogens is 2. The third kappa shape index (κ3) is 2.43. The minimum atomic E-state index is 0.212. The second-order valence-electron chi connectivity index (χ2n) is 5.12. The van der Waals surface area contributed by atoms with E-state index in [9.17, 15) is 0 Å². The SMILES string of the molecule is Cc1nc(Cl)nc(Nc2cccc3c2CCCC3)c1N. The number of rotatable bonds is 2. The van der Waals surface area contributed by atoms with E-state index in [0.29, 0.717) is 17.2 Å². The largest absolute Gasteiger partial charge is 0.394 e. The van der Waals surface area contributed by atoms with Gasteiger partial charge in [-0.3, -0.25) is 0 Å². The van der Waals surface area contributed by atoms with Gasteiger partial charge in [-0.15, -0.1) is 0 Å². The number of nitrogens with one attached hydrogen (secondary N) is 1. The summed E-state index contributed by atoms with van der Waals surface area (Å²) in [6.07, 6.45) is 4.72. The topological polar surface area (TPSA) is 63.8 Å². The molecule has 0 bridgehead atoms. The molecule has 1 aliphatic rings. The molecule has 0 unspecified atom stereocenters. The van der Waals surface area contributed by atoms with Gasteiger partial charge in [0.25, 0.3) is 0 Å². The Hall–Kier alpha value is -1.81. The van der Waals surface area contributed by atoms with Crippen LogP contribution in [0.4, 0.5) is 17.2 Å². The average molecular weight is 289 g/mol. The van der Waals surface area contributed by atoms with Crippen molar-refractivity contribution in [2.24, 2.45) is 0 Å². The monoisotopic (exact) mass is 288 g/mol. The van der Waals surface area contributed by atoms with E-state index in [1.165, 1.54) is 24.0 Å². The fourth-order valence-corrected chi connectivity index (χ4v) is 2.88. The number of nitrogen functional groups attached to an aromatic ring is 1. The summed E-state index contributed by atoms with van der Waals surface area (Å²) < 4.78 is 0. The lowest BCUT2D eigenvalue weighted by molar-refractivity contribution is 0.687. The molecule has 4 nitrogen and oxygen atoms in total. The van der Waals surface area contributed by atoms with E-state index >= 15 is 0 Å². The van der Waals surface area contributed by atoms with Crippen LogP contribution in [0.3, 0.4) is 0 Å². The Bertz CT molecular complexity index is 655. The summed E-state index contributed by atoms with van der Waals surface area (Å²) in [5.74, 6) is 0.585. The summed E-state index contributed by atoms with van der Waals surface area (Å²) in [6, 6.07) is 6.33. The van der Waals surface area contributed by atoms with Crippen LogP contribution in [-0.4, -0.2) is 9.97 Å². The second kappa shape index (κ2) is 5.29. The molecule has 0 atom stereocenters. The summed E-state index contributed by atoms with van der Waals surface area (Å²) in [7, 11) is 0. The van der Waals surface area contributed by atoms with Crippen LogP contribution in [0, 0.1) is 6.92 Å².